The van der Waals surface area contributed by atoms with Crippen LogP contribution < -0.4 is 0 Å². The maximum Gasteiger partial charge on any atom is 0.481 e. The first kappa shape index (κ1) is 22.0. The molecule has 0 spiro atoms. The lowest BCUT2D eigenvalue weighted by Crippen LogP contribution is -2.00. The van der Waals surface area contributed by atoms with Crippen LogP contribution >= 0.6 is 36.4 Å². The second-order valence-electron chi connectivity index (χ2n) is 4.31. The molecular formula is C12H28O5P2S2. The molecule has 9 heteroatoms. The molecule has 0 heterocycles. The Labute approximate surface area is 137 Å². The van der Waals surface area contributed by atoms with Crippen LogP contribution in [0.25, 0.3) is 0 Å². The van der Waals surface area contributed by atoms with Crippen LogP contribution in [0.15, 0.2) is 0 Å². The Morgan fingerprint density at radius 3 is 1.52 bits per heavy atom. The summed E-state index contributed by atoms with van der Waals surface area (Å²) < 4.78 is 41.4. The third-order valence-electron chi connectivity index (χ3n) is 2.01. The molecule has 0 radical (unpaired) electrons. The molecule has 0 saturated heterocycles. The van der Waals surface area contributed by atoms with Gasteiger partial charge < -0.3 is 0 Å². The van der Waals surface area contributed by atoms with Crippen molar-refractivity contribution in [2.45, 2.75) is 53.4 Å². The molecular weight excluding hydrogens is 350 g/mol. The van der Waals surface area contributed by atoms with Crippen LogP contribution in [0.5, 0.6) is 0 Å². The van der Waals surface area contributed by atoms with Crippen molar-refractivity contribution < 1.29 is 22.5 Å². The SMILES string of the molecule is CCCOP(=O)(OCCC)OP(=O)(SCCC)SCCC. The zero-order valence-electron chi connectivity index (χ0n) is 13.4. The molecule has 0 aliphatic heterocycles. The Hall–Kier alpha value is 1.04. The number of phosphoric ester groups is 1. The molecule has 5 nitrogen and oxygen atoms in total. The smallest absolute Gasteiger partial charge is 0.287 e. The van der Waals surface area contributed by atoms with Gasteiger partial charge in [-0.2, -0.15) is 0 Å². The second kappa shape index (κ2) is 12.5. The van der Waals surface area contributed by atoms with Gasteiger partial charge in [0.2, 0.25) is 0 Å². The van der Waals surface area contributed by atoms with Crippen LogP contribution in [0.3, 0.4) is 0 Å². The van der Waals surface area contributed by atoms with E-state index in [1.165, 1.54) is 22.8 Å². The van der Waals surface area contributed by atoms with Crippen molar-refractivity contribution in [3.05, 3.63) is 0 Å². The lowest BCUT2D eigenvalue weighted by Gasteiger charge is -2.22. The molecule has 21 heavy (non-hydrogen) atoms. The maximum atomic E-state index is 12.8. The molecule has 128 valence electrons. The van der Waals surface area contributed by atoms with Gasteiger partial charge >= 0.3 is 13.6 Å². The average molecular weight is 378 g/mol. The van der Waals surface area contributed by atoms with Crippen molar-refractivity contribution in [2.75, 3.05) is 24.7 Å². The summed E-state index contributed by atoms with van der Waals surface area (Å²) >= 11 is 2.44. The minimum atomic E-state index is -3.76. The molecule has 0 unspecified atom stereocenters. The predicted molar refractivity (Wildman–Crippen MR) is 94.3 cm³/mol. The Morgan fingerprint density at radius 2 is 1.19 bits per heavy atom. The van der Waals surface area contributed by atoms with Crippen molar-refractivity contribution in [1.82, 2.24) is 0 Å². The van der Waals surface area contributed by atoms with E-state index in [0.717, 1.165) is 12.8 Å². The van der Waals surface area contributed by atoms with Gasteiger partial charge in [0, 0.05) is 11.5 Å². The van der Waals surface area contributed by atoms with Gasteiger partial charge in [0.1, 0.15) is 0 Å². The Morgan fingerprint density at radius 1 is 0.762 bits per heavy atom. The standard InChI is InChI=1S/C12H28O5P2S2/c1-5-9-15-18(13,16-10-6-2)17-19(14,20-11-7-3)21-12-8-4/h5-12H2,1-4H3. The van der Waals surface area contributed by atoms with Crippen molar-refractivity contribution in [1.29, 1.82) is 0 Å². The van der Waals surface area contributed by atoms with Crippen LogP contribution in [-0.2, 0) is 22.5 Å². The first-order valence-corrected chi connectivity index (χ1v) is 13.7. The molecule has 0 fully saturated rings. The highest BCUT2D eigenvalue weighted by Crippen LogP contribution is 2.78. The highest BCUT2D eigenvalue weighted by Gasteiger charge is 2.38. The van der Waals surface area contributed by atoms with Gasteiger partial charge in [0.05, 0.1) is 13.2 Å². The highest BCUT2D eigenvalue weighted by molar-refractivity contribution is 8.89. The minimum Gasteiger partial charge on any atom is -0.287 e. The number of phosphoric acid groups is 1. The first-order chi connectivity index (χ1) is 9.95. The summed E-state index contributed by atoms with van der Waals surface area (Å²) in [5.41, 5.74) is 0. The van der Waals surface area contributed by atoms with Gasteiger partial charge in [-0.25, -0.2) is 8.88 Å². The summed E-state index contributed by atoms with van der Waals surface area (Å²) in [5.74, 6) is -1.75. The lowest BCUT2D eigenvalue weighted by molar-refractivity contribution is 0.159. The van der Waals surface area contributed by atoms with E-state index in [1.807, 2.05) is 27.7 Å². The van der Waals surface area contributed by atoms with Gasteiger partial charge in [-0.1, -0.05) is 50.5 Å². The van der Waals surface area contributed by atoms with E-state index in [-0.39, 0.29) is 13.2 Å². The Bertz CT molecular complexity index is 299. The third-order valence-corrected chi connectivity index (χ3v) is 12.5. The number of rotatable bonds is 14. The molecule has 0 atom stereocenters. The van der Waals surface area contributed by atoms with Gasteiger partial charge in [-0.05, 0) is 25.7 Å². The molecule has 0 aliphatic rings. The van der Waals surface area contributed by atoms with E-state index >= 15 is 0 Å². The summed E-state index contributed by atoms with van der Waals surface area (Å²) in [6.07, 6.45) is 3.13. The summed E-state index contributed by atoms with van der Waals surface area (Å²) in [6.45, 7) is 8.34. The quantitative estimate of drug-likeness (QED) is 0.326. The van der Waals surface area contributed by atoms with Gasteiger partial charge in [-0.3, -0.25) is 13.6 Å². The number of hydrogen-bond acceptors (Lipinski definition) is 7. The van der Waals surface area contributed by atoms with Crippen LogP contribution in [0.1, 0.15) is 53.4 Å². The van der Waals surface area contributed by atoms with Crippen LogP contribution in [0.2, 0.25) is 0 Å². The second-order valence-corrected chi connectivity index (χ2v) is 13.7. The Balaban J connectivity index is 4.90. The summed E-state index contributed by atoms with van der Waals surface area (Å²) in [7, 11) is -3.76. The van der Waals surface area contributed by atoms with Gasteiger partial charge in [0.15, 0.2) is 0 Å². The third kappa shape index (κ3) is 10.4. The molecule has 0 aliphatic carbocycles. The van der Waals surface area contributed by atoms with Crippen molar-refractivity contribution in [3.63, 3.8) is 0 Å². The normalized spacial score (nSPS) is 12.8. The maximum absolute atomic E-state index is 12.8. The summed E-state index contributed by atoms with van der Waals surface area (Å²) in [4.78, 5) is 0. The molecule has 0 N–H and O–H groups in total. The van der Waals surface area contributed by atoms with E-state index in [2.05, 4.69) is 0 Å². The van der Waals surface area contributed by atoms with E-state index < -0.39 is 13.6 Å². The molecule has 0 aromatic heterocycles. The van der Waals surface area contributed by atoms with E-state index in [9.17, 15) is 9.13 Å². The lowest BCUT2D eigenvalue weighted by atomic mass is 10.5. The fourth-order valence-electron chi connectivity index (χ4n) is 1.10. The van der Waals surface area contributed by atoms with Gasteiger partial charge in [-0.15, -0.1) is 0 Å². The summed E-state index contributed by atoms with van der Waals surface area (Å²) in [5, 5.41) is 0. The van der Waals surface area contributed by atoms with E-state index in [1.54, 1.807) is 0 Å². The predicted octanol–water partition coefficient (Wildman–Crippen LogP) is 6.36. The monoisotopic (exact) mass is 378 g/mol. The van der Waals surface area contributed by atoms with Crippen molar-refractivity contribution in [3.8, 4) is 0 Å². The van der Waals surface area contributed by atoms with Gasteiger partial charge in [0.25, 0.3) is 0 Å². The highest BCUT2D eigenvalue weighted by atomic mass is 33.1. The molecule has 0 aromatic carbocycles. The fraction of sp³-hybridized carbons (Fsp3) is 1.00. The zero-order chi connectivity index (χ0) is 16.2. The van der Waals surface area contributed by atoms with Crippen LogP contribution in [0.4, 0.5) is 0 Å². The minimum absolute atomic E-state index is 0.262. The first-order valence-electron chi connectivity index (χ1n) is 7.44. The zero-order valence-corrected chi connectivity index (χ0v) is 16.8. The van der Waals surface area contributed by atoms with Crippen molar-refractivity contribution in [2.24, 2.45) is 0 Å². The molecule has 0 saturated carbocycles. The van der Waals surface area contributed by atoms with E-state index in [0.29, 0.717) is 24.3 Å². The summed E-state index contributed by atoms with van der Waals surface area (Å²) in [6, 6.07) is 0. The average Bonchev–Trinajstić information content (AvgIpc) is 2.47. The van der Waals surface area contributed by atoms with Crippen LogP contribution in [-0.4, -0.2) is 24.7 Å². The van der Waals surface area contributed by atoms with E-state index in [4.69, 9.17) is 13.4 Å². The topological polar surface area (TPSA) is 61.8 Å². The van der Waals surface area contributed by atoms with Crippen LogP contribution in [0, 0.1) is 0 Å². The molecule has 0 amide bonds. The molecule has 0 aromatic rings. The number of hydrogen-bond donors (Lipinski definition) is 0. The molecule has 0 bridgehead atoms. The molecule has 0 rings (SSSR count). The van der Waals surface area contributed by atoms with Crippen molar-refractivity contribution >= 4 is 36.4 Å². The largest absolute Gasteiger partial charge is 0.481 e. The Kier molecular flexibility index (Phi) is 13.1. The fourth-order valence-corrected chi connectivity index (χ4v) is 11.6.